The lowest BCUT2D eigenvalue weighted by Gasteiger charge is -2.29. The second-order valence-corrected chi connectivity index (χ2v) is 3.49. The molecule has 0 unspecified atom stereocenters. The average Bonchev–Trinajstić information content (AvgIpc) is 2.29. The second-order valence-electron chi connectivity index (χ2n) is 3.49. The standard InChI is InChI=1S/C11H14O4/c12-6-5-8(13)11-7-14-9-3-1-2-4-10(9)15-11/h1-4,8,11-13H,5-7H2/t8-,11+/m1/s1. The number of benzene rings is 1. The monoisotopic (exact) mass is 210 g/mol. The van der Waals surface area contributed by atoms with Gasteiger partial charge in [-0.2, -0.15) is 0 Å². The lowest BCUT2D eigenvalue weighted by molar-refractivity contribution is -0.0198. The van der Waals surface area contributed by atoms with Crippen molar-refractivity contribution in [1.82, 2.24) is 0 Å². The van der Waals surface area contributed by atoms with Crippen LogP contribution in [-0.4, -0.2) is 35.6 Å². The molecule has 0 fully saturated rings. The van der Waals surface area contributed by atoms with Crippen molar-refractivity contribution in [3.63, 3.8) is 0 Å². The summed E-state index contributed by atoms with van der Waals surface area (Å²) < 4.78 is 11.0. The number of aliphatic hydroxyl groups excluding tert-OH is 2. The normalized spacial score (nSPS) is 21.1. The Morgan fingerprint density at radius 1 is 1.33 bits per heavy atom. The zero-order valence-corrected chi connectivity index (χ0v) is 8.30. The Kier molecular flexibility index (Phi) is 3.08. The molecule has 1 aromatic carbocycles. The van der Waals surface area contributed by atoms with Crippen LogP contribution in [0.3, 0.4) is 0 Å². The van der Waals surface area contributed by atoms with E-state index >= 15 is 0 Å². The molecule has 0 saturated heterocycles. The van der Waals surface area contributed by atoms with E-state index < -0.39 is 12.2 Å². The van der Waals surface area contributed by atoms with E-state index in [0.717, 1.165) is 0 Å². The average molecular weight is 210 g/mol. The fourth-order valence-corrected chi connectivity index (χ4v) is 1.54. The molecule has 0 aromatic heterocycles. The van der Waals surface area contributed by atoms with E-state index in [2.05, 4.69) is 0 Å². The maximum atomic E-state index is 9.63. The van der Waals surface area contributed by atoms with Crippen molar-refractivity contribution in [2.45, 2.75) is 18.6 Å². The maximum Gasteiger partial charge on any atom is 0.161 e. The van der Waals surface area contributed by atoms with Gasteiger partial charge in [0.15, 0.2) is 17.6 Å². The Hall–Kier alpha value is -1.26. The molecule has 0 bridgehead atoms. The van der Waals surface area contributed by atoms with E-state index in [1.54, 1.807) is 6.07 Å². The number of hydrogen-bond donors (Lipinski definition) is 2. The van der Waals surface area contributed by atoms with Crippen molar-refractivity contribution in [3.8, 4) is 11.5 Å². The lowest BCUT2D eigenvalue weighted by atomic mass is 10.1. The van der Waals surface area contributed by atoms with Crippen LogP contribution < -0.4 is 9.47 Å². The maximum absolute atomic E-state index is 9.63. The molecule has 0 amide bonds. The van der Waals surface area contributed by atoms with E-state index in [9.17, 15) is 5.11 Å². The topological polar surface area (TPSA) is 58.9 Å². The smallest absolute Gasteiger partial charge is 0.161 e. The number of para-hydroxylation sites is 2. The summed E-state index contributed by atoms with van der Waals surface area (Å²) in [5.74, 6) is 1.34. The molecule has 2 atom stereocenters. The zero-order chi connectivity index (χ0) is 10.7. The van der Waals surface area contributed by atoms with Crippen LogP contribution in [0.4, 0.5) is 0 Å². The van der Waals surface area contributed by atoms with E-state index in [0.29, 0.717) is 24.5 Å². The molecule has 0 aliphatic carbocycles. The molecule has 1 heterocycles. The van der Waals surface area contributed by atoms with Gasteiger partial charge in [0.1, 0.15) is 6.61 Å². The molecular formula is C11H14O4. The fourth-order valence-electron chi connectivity index (χ4n) is 1.54. The molecule has 1 aliphatic heterocycles. The number of ether oxygens (including phenoxy) is 2. The molecular weight excluding hydrogens is 196 g/mol. The van der Waals surface area contributed by atoms with Crippen LogP contribution in [0.1, 0.15) is 6.42 Å². The number of aliphatic hydroxyl groups is 2. The Morgan fingerprint density at radius 2 is 2.07 bits per heavy atom. The molecule has 1 aliphatic rings. The third-order valence-corrected chi connectivity index (χ3v) is 2.38. The van der Waals surface area contributed by atoms with Crippen LogP contribution in [0.25, 0.3) is 0 Å². The summed E-state index contributed by atoms with van der Waals surface area (Å²) in [6.07, 6.45) is -0.786. The van der Waals surface area contributed by atoms with Gasteiger partial charge in [-0.3, -0.25) is 0 Å². The largest absolute Gasteiger partial charge is 0.486 e. The predicted molar refractivity (Wildman–Crippen MR) is 54.1 cm³/mol. The summed E-state index contributed by atoms with van der Waals surface area (Å²) in [7, 11) is 0. The van der Waals surface area contributed by atoms with E-state index in [1.165, 1.54) is 0 Å². The van der Waals surface area contributed by atoms with Gasteiger partial charge in [-0.15, -0.1) is 0 Å². The number of hydrogen-bond acceptors (Lipinski definition) is 4. The van der Waals surface area contributed by atoms with Crippen molar-refractivity contribution < 1.29 is 19.7 Å². The van der Waals surface area contributed by atoms with Gasteiger partial charge in [0.2, 0.25) is 0 Å². The Balaban J connectivity index is 2.05. The van der Waals surface area contributed by atoms with Gasteiger partial charge in [0.05, 0.1) is 6.10 Å². The van der Waals surface area contributed by atoms with Crippen molar-refractivity contribution in [1.29, 1.82) is 0 Å². The van der Waals surface area contributed by atoms with Crippen LogP contribution in [0, 0.1) is 0 Å². The van der Waals surface area contributed by atoms with Gasteiger partial charge >= 0.3 is 0 Å². The van der Waals surface area contributed by atoms with Gasteiger partial charge in [-0.25, -0.2) is 0 Å². The van der Waals surface area contributed by atoms with Crippen molar-refractivity contribution in [3.05, 3.63) is 24.3 Å². The van der Waals surface area contributed by atoms with Gasteiger partial charge in [-0.1, -0.05) is 12.1 Å². The summed E-state index contributed by atoms with van der Waals surface area (Å²) in [6.45, 7) is 0.265. The first-order chi connectivity index (χ1) is 7.31. The van der Waals surface area contributed by atoms with Crippen LogP contribution >= 0.6 is 0 Å². The van der Waals surface area contributed by atoms with Crippen molar-refractivity contribution in [2.24, 2.45) is 0 Å². The molecule has 1 aromatic rings. The highest BCUT2D eigenvalue weighted by Gasteiger charge is 2.26. The highest BCUT2D eigenvalue weighted by atomic mass is 16.6. The fraction of sp³-hybridized carbons (Fsp3) is 0.455. The van der Waals surface area contributed by atoms with Crippen LogP contribution in [0.2, 0.25) is 0 Å². The van der Waals surface area contributed by atoms with E-state index in [4.69, 9.17) is 14.6 Å². The SMILES string of the molecule is OCC[C@@H](O)[C@@H]1COc2ccccc2O1. The minimum Gasteiger partial charge on any atom is -0.486 e. The summed E-state index contributed by atoms with van der Waals surface area (Å²) in [6, 6.07) is 7.34. The number of rotatable bonds is 3. The number of fused-ring (bicyclic) bond motifs is 1. The quantitative estimate of drug-likeness (QED) is 0.765. The molecule has 0 saturated carbocycles. The van der Waals surface area contributed by atoms with Crippen molar-refractivity contribution >= 4 is 0 Å². The highest BCUT2D eigenvalue weighted by molar-refractivity contribution is 5.40. The molecule has 4 heteroatoms. The molecule has 0 radical (unpaired) electrons. The van der Waals surface area contributed by atoms with Gasteiger partial charge in [-0.05, 0) is 12.1 Å². The summed E-state index contributed by atoms with van der Waals surface area (Å²) in [4.78, 5) is 0. The molecule has 2 N–H and O–H groups in total. The Bertz CT molecular complexity index is 326. The minimum atomic E-state index is -0.691. The van der Waals surface area contributed by atoms with Gasteiger partial charge < -0.3 is 19.7 Å². The summed E-state index contributed by atoms with van der Waals surface area (Å²) in [5.41, 5.74) is 0. The Morgan fingerprint density at radius 3 is 2.80 bits per heavy atom. The van der Waals surface area contributed by atoms with Crippen molar-refractivity contribution in [2.75, 3.05) is 13.2 Å². The third-order valence-electron chi connectivity index (χ3n) is 2.38. The van der Waals surface area contributed by atoms with Gasteiger partial charge in [0.25, 0.3) is 0 Å². The first kappa shape index (κ1) is 10.3. The molecule has 15 heavy (non-hydrogen) atoms. The summed E-state index contributed by atoms with van der Waals surface area (Å²) >= 11 is 0. The molecule has 82 valence electrons. The van der Waals surface area contributed by atoms with Crippen LogP contribution in [0.15, 0.2) is 24.3 Å². The first-order valence-electron chi connectivity index (χ1n) is 4.98. The highest BCUT2D eigenvalue weighted by Crippen LogP contribution is 2.31. The zero-order valence-electron chi connectivity index (χ0n) is 8.30. The third kappa shape index (κ3) is 2.22. The van der Waals surface area contributed by atoms with Crippen LogP contribution in [-0.2, 0) is 0 Å². The predicted octanol–water partition coefficient (Wildman–Crippen LogP) is 0.570. The Labute approximate surface area is 88.1 Å². The second kappa shape index (κ2) is 4.51. The lowest BCUT2D eigenvalue weighted by Crippen LogP contribution is -2.40. The molecule has 4 nitrogen and oxygen atoms in total. The first-order valence-corrected chi connectivity index (χ1v) is 4.98. The minimum absolute atomic E-state index is 0.0529. The van der Waals surface area contributed by atoms with E-state index in [-0.39, 0.29) is 6.61 Å². The van der Waals surface area contributed by atoms with Gasteiger partial charge in [0, 0.05) is 13.0 Å². The van der Waals surface area contributed by atoms with Crippen LogP contribution in [0.5, 0.6) is 11.5 Å². The molecule has 2 rings (SSSR count). The van der Waals surface area contributed by atoms with E-state index in [1.807, 2.05) is 18.2 Å². The molecule has 0 spiro atoms. The summed E-state index contributed by atoms with van der Waals surface area (Å²) in [5, 5.41) is 18.3.